The summed E-state index contributed by atoms with van der Waals surface area (Å²) in [7, 11) is 0. The Balaban J connectivity index is 3.00. The zero-order chi connectivity index (χ0) is 16.8. The molecule has 0 saturated carbocycles. The van der Waals surface area contributed by atoms with Crippen LogP contribution in [-0.4, -0.2) is 34.0 Å². The SMILES string of the molecule is C=C/C=C(\C)[C@H]1OC(=O)C[C@H](O)CC[C@](C)(O)C/C=C/[C@@H]1C. The number of rotatable bonds is 2. The van der Waals surface area contributed by atoms with E-state index in [4.69, 9.17) is 4.74 Å². The molecule has 2 N–H and O–H groups in total. The van der Waals surface area contributed by atoms with Crippen molar-refractivity contribution in [3.63, 3.8) is 0 Å². The van der Waals surface area contributed by atoms with Crippen molar-refractivity contribution in [2.24, 2.45) is 5.92 Å². The minimum atomic E-state index is -0.873. The molecule has 4 atom stereocenters. The molecule has 0 aromatic carbocycles. The van der Waals surface area contributed by atoms with E-state index in [1.807, 2.05) is 32.1 Å². The first kappa shape index (κ1) is 18.7. The second-order valence-electron chi connectivity index (χ2n) is 6.44. The van der Waals surface area contributed by atoms with Gasteiger partial charge in [0.05, 0.1) is 18.1 Å². The lowest BCUT2D eigenvalue weighted by Gasteiger charge is -2.27. The van der Waals surface area contributed by atoms with Gasteiger partial charge in [0.25, 0.3) is 0 Å². The van der Waals surface area contributed by atoms with E-state index < -0.39 is 23.8 Å². The highest BCUT2D eigenvalue weighted by Gasteiger charge is 2.26. The highest BCUT2D eigenvalue weighted by molar-refractivity contribution is 5.70. The molecule has 1 rings (SSSR count). The standard InChI is InChI=1S/C18H28O4/c1-5-7-13(2)17-14(3)8-6-10-18(4,21)11-9-15(19)12-16(20)22-17/h5-8,14-15,17,19,21H,1,9-12H2,2-4H3/b8-6+,13-7+/t14-,15+,17+,18+/m0/s1. The average molecular weight is 308 g/mol. The summed E-state index contributed by atoms with van der Waals surface area (Å²) in [5, 5.41) is 20.2. The predicted octanol–water partition coefficient (Wildman–Crippen LogP) is 2.91. The van der Waals surface area contributed by atoms with E-state index in [2.05, 4.69) is 6.58 Å². The molecule has 0 amide bonds. The van der Waals surface area contributed by atoms with Crippen molar-refractivity contribution in [1.82, 2.24) is 0 Å². The topological polar surface area (TPSA) is 66.8 Å². The van der Waals surface area contributed by atoms with Crippen LogP contribution >= 0.6 is 0 Å². The molecule has 0 radical (unpaired) electrons. The number of carbonyl (C=O) groups is 1. The van der Waals surface area contributed by atoms with Crippen molar-refractivity contribution in [1.29, 1.82) is 0 Å². The smallest absolute Gasteiger partial charge is 0.309 e. The van der Waals surface area contributed by atoms with Gasteiger partial charge in [0.1, 0.15) is 6.10 Å². The Labute approximate surface area is 133 Å². The fourth-order valence-electron chi connectivity index (χ4n) is 2.60. The van der Waals surface area contributed by atoms with Gasteiger partial charge in [-0.1, -0.05) is 37.8 Å². The van der Waals surface area contributed by atoms with Crippen LogP contribution in [0.5, 0.6) is 0 Å². The van der Waals surface area contributed by atoms with Crippen molar-refractivity contribution < 1.29 is 19.7 Å². The number of hydrogen-bond acceptors (Lipinski definition) is 4. The van der Waals surface area contributed by atoms with Crippen LogP contribution in [0.15, 0.2) is 36.5 Å². The van der Waals surface area contributed by atoms with E-state index in [1.165, 1.54) is 0 Å². The van der Waals surface area contributed by atoms with Crippen molar-refractivity contribution in [2.75, 3.05) is 0 Å². The van der Waals surface area contributed by atoms with Crippen LogP contribution in [0.25, 0.3) is 0 Å². The molecule has 0 fully saturated rings. The minimum Gasteiger partial charge on any atom is -0.457 e. The van der Waals surface area contributed by atoms with Gasteiger partial charge in [-0.05, 0) is 38.7 Å². The third kappa shape index (κ3) is 6.16. The van der Waals surface area contributed by atoms with Gasteiger partial charge in [0.15, 0.2) is 0 Å². The molecule has 0 bridgehead atoms. The zero-order valence-electron chi connectivity index (χ0n) is 13.8. The molecule has 4 nitrogen and oxygen atoms in total. The van der Waals surface area contributed by atoms with E-state index in [0.717, 1.165) is 5.57 Å². The van der Waals surface area contributed by atoms with Crippen LogP contribution in [0.1, 0.15) is 46.5 Å². The second kappa shape index (κ2) is 8.30. The van der Waals surface area contributed by atoms with Crippen LogP contribution in [0.2, 0.25) is 0 Å². The largest absolute Gasteiger partial charge is 0.457 e. The molecular weight excluding hydrogens is 280 g/mol. The normalized spacial score (nSPS) is 36.7. The maximum Gasteiger partial charge on any atom is 0.309 e. The van der Waals surface area contributed by atoms with Gasteiger partial charge in [-0.15, -0.1) is 0 Å². The van der Waals surface area contributed by atoms with Gasteiger partial charge in [-0.2, -0.15) is 0 Å². The molecule has 0 aliphatic carbocycles. The average Bonchev–Trinajstić information content (AvgIpc) is 2.41. The molecule has 0 unspecified atom stereocenters. The van der Waals surface area contributed by atoms with Crippen LogP contribution < -0.4 is 0 Å². The van der Waals surface area contributed by atoms with E-state index in [0.29, 0.717) is 19.3 Å². The van der Waals surface area contributed by atoms with Crippen LogP contribution in [0.4, 0.5) is 0 Å². The monoisotopic (exact) mass is 308 g/mol. The third-order valence-electron chi connectivity index (χ3n) is 3.98. The van der Waals surface area contributed by atoms with Crippen LogP contribution in [-0.2, 0) is 9.53 Å². The van der Waals surface area contributed by atoms with Gasteiger partial charge < -0.3 is 14.9 Å². The number of esters is 1. The molecule has 1 heterocycles. The molecule has 0 spiro atoms. The van der Waals surface area contributed by atoms with Crippen LogP contribution in [0, 0.1) is 5.92 Å². The van der Waals surface area contributed by atoms with Gasteiger partial charge in [-0.25, -0.2) is 0 Å². The van der Waals surface area contributed by atoms with E-state index in [9.17, 15) is 15.0 Å². The summed E-state index contributed by atoms with van der Waals surface area (Å²) in [5.74, 6) is -0.442. The molecule has 0 aromatic rings. The Bertz CT molecular complexity index is 448. The molecule has 4 heteroatoms. The number of aliphatic hydroxyl groups is 2. The lowest BCUT2D eigenvalue weighted by Crippen LogP contribution is -2.30. The molecular formula is C18H28O4. The second-order valence-corrected chi connectivity index (χ2v) is 6.44. The Morgan fingerprint density at radius 2 is 2.23 bits per heavy atom. The number of aliphatic hydroxyl groups excluding tert-OH is 1. The number of allylic oxidation sites excluding steroid dienone is 2. The maximum absolute atomic E-state index is 12.0. The van der Waals surface area contributed by atoms with E-state index in [1.54, 1.807) is 13.0 Å². The number of hydrogen-bond donors (Lipinski definition) is 2. The first-order valence-electron chi connectivity index (χ1n) is 7.81. The number of carbonyl (C=O) groups excluding carboxylic acids is 1. The number of ether oxygens (including phenoxy) is 1. The van der Waals surface area contributed by atoms with Crippen molar-refractivity contribution in [3.8, 4) is 0 Å². The Hall–Kier alpha value is -1.39. The molecule has 124 valence electrons. The fourth-order valence-corrected chi connectivity index (χ4v) is 2.60. The van der Waals surface area contributed by atoms with Gasteiger partial charge in [0.2, 0.25) is 0 Å². The zero-order valence-corrected chi connectivity index (χ0v) is 13.8. The highest BCUT2D eigenvalue weighted by Crippen LogP contribution is 2.24. The fraction of sp³-hybridized carbons (Fsp3) is 0.611. The Kier molecular flexibility index (Phi) is 7.04. The quantitative estimate of drug-likeness (QED) is 0.467. The van der Waals surface area contributed by atoms with Gasteiger partial charge >= 0.3 is 5.97 Å². The summed E-state index contributed by atoms with van der Waals surface area (Å²) in [6.07, 6.45) is 7.46. The first-order valence-corrected chi connectivity index (χ1v) is 7.81. The molecule has 1 aliphatic rings. The van der Waals surface area contributed by atoms with E-state index >= 15 is 0 Å². The predicted molar refractivity (Wildman–Crippen MR) is 87.2 cm³/mol. The van der Waals surface area contributed by atoms with E-state index in [-0.39, 0.29) is 12.3 Å². The molecule has 22 heavy (non-hydrogen) atoms. The number of cyclic esters (lactones) is 1. The lowest BCUT2D eigenvalue weighted by molar-refractivity contribution is -0.151. The Morgan fingerprint density at radius 3 is 2.86 bits per heavy atom. The minimum absolute atomic E-state index is 0.0208. The highest BCUT2D eigenvalue weighted by atomic mass is 16.5. The summed E-state index contributed by atoms with van der Waals surface area (Å²) in [4.78, 5) is 12.0. The molecule has 0 aromatic heterocycles. The van der Waals surface area contributed by atoms with Gasteiger partial charge in [-0.3, -0.25) is 4.79 Å². The van der Waals surface area contributed by atoms with Gasteiger partial charge in [0, 0.05) is 5.92 Å². The lowest BCUT2D eigenvalue weighted by atomic mass is 9.91. The maximum atomic E-state index is 12.0. The first-order chi connectivity index (χ1) is 10.2. The molecule has 0 saturated heterocycles. The molecule has 1 aliphatic heterocycles. The Morgan fingerprint density at radius 1 is 1.55 bits per heavy atom. The van der Waals surface area contributed by atoms with Crippen molar-refractivity contribution in [2.45, 2.75) is 64.3 Å². The van der Waals surface area contributed by atoms with Crippen LogP contribution in [0.3, 0.4) is 0 Å². The third-order valence-corrected chi connectivity index (χ3v) is 3.98. The summed E-state index contributed by atoms with van der Waals surface area (Å²) in [5.41, 5.74) is 0.0285. The summed E-state index contributed by atoms with van der Waals surface area (Å²) in [6, 6.07) is 0. The summed E-state index contributed by atoms with van der Waals surface area (Å²) < 4.78 is 5.54. The van der Waals surface area contributed by atoms with Crippen molar-refractivity contribution >= 4 is 5.97 Å². The van der Waals surface area contributed by atoms with Crippen molar-refractivity contribution in [3.05, 3.63) is 36.5 Å². The summed E-state index contributed by atoms with van der Waals surface area (Å²) in [6.45, 7) is 9.27. The summed E-state index contributed by atoms with van der Waals surface area (Å²) >= 11 is 0.